The summed E-state index contributed by atoms with van der Waals surface area (Å²) in [6, 6.07) is 5.32. The fraction of sp³-hybridized carbons (Fsp3) is 0.571. The number of hydrogen-bond acceptors (Lipinski definition) is 4. The zero-order valence-corrected chi connectivity index (χ0v) is 12.2. The molecule has 0 aliphatic carbocycles. The molecule has 4 nitrogen and oxygen atoms in total. The molecule has 0 amide bonds. The molecule has 104 valence electrons. The summed E-state index contributed by atoms with van der Waals surface area (Å²) in [6.07, 6.45) is 0. The summed E-state index contributed by atoms with van der Waals surface area (Å²) in [7, 11) is -0.478. The fourth-order valence-corrected chi connectivity index (χ4v) is 2.08. The van der Waals surface area contributed by atoms with E-state index < -0.39 is 7.12 Å². The van der Waals surface area contributed by atoms with Crippen molar-refractivity contribution in [1.29, 1.82) is 0 Å². The van der Waals surface area contributed by atoms with Crippen molar-refractivity contribution < 1.29 is 14.4 Å². The molecule has 1 atom stereocenters. The van der Waals surface area contributed by atoms with Gasteiger partial charge in [-0.2, -0.15) is 0 Å². The molecule has 0 unspecified atom stereocenters. The molecule has 3 N–H and O–H groups in total. The second-order valence-corrected chi connectivity index (χ2v) is 6.20. The first-order valence-electron chi connectivity index (χ1n) is 6.55. The summed E-state index contributed by atoms with van der Waals surface area (Å²) in [6.45, 7) is 9.85. The lowest BCUT2D eigenvalue weighted by Gasteiger charge is -2.32. The number of hydrogen-bond donors (Lipinski definition) is 2. The Labute approximate surface area is 115 Å². The van der Waals surface area contributed by atoms with Crippen molar-refractivity contribution in [2.75, 3.05) is 0 Å². The molecule has 1 fully saturated rings. The van der Waals surface area contributed by atoms with E-state index >= 15 is 0 Å². The minimum atomic E-state index is -0.478. The van der Waals surface area contributed by atoms with E-state index in [4.69, 9.17) is 15.0 Å². The molecule has 0 spiro atoms. The highest BCUT2D eigenvalue weighted by atomic mass is 16.7. The minimum Gasteiger partial charge on any atom is -0.508 e. The monoisotopic (exact) mass is 263 g/mol. The Kier molecular flexibility index (Phi) is 3.41. The summed E-state index contributed by atoms with van der Waals surface area (Å²) >= 11 is 0. The molecule has 1 saturated heterocycles. The van der Waals surface area contributed by atoms with E-state index in [0.717, 1.165) is 11.1 Å². The Balaban J connectivity index is 2.22. The van der Waals surface area contributed by atoms with Crippen molar-refractivity contribution in [2.24, 2.45) is 5.73 Å². The summed E-state index contributed by atoms with van der Waals surface area (Å²) in [5.74, 6) is -0.106. The Morgan fingerprint density at radius 1 is 1.16 bits per heavy atom. The first-order valence-corrected chi connectivity index (χ1v) is 6.55. The van der Waals surface area contributed by atoms with Gasteiger partial charge < -0.3 is 20.1 Å². The Morgan fingerprint density at radius 2 is 1.68 bits per heavy atom. The highest BCUT2D eigenvalue weighted by Gasteiger charge is 2.53. The van der Waals surface area contributed by atoms with Crippen LogP contribution in [0.1, 0.15) is 44.8 Å². The summed E-state index contributed by atoms with van der Waals surface area (Å²) in [5.41, 5.74) is 7.15. The summed E-state index contributed by atoms with van der Waals surface area (Å²) < 4.78 is 11.9. The number of phenolic OH excluding ortho intramolecular Hbond substituents is 1. The number of benzene rings is 1. The van der Waals surface area contributed by atoms with Gasteiger partial charge in [0, 0.05) is 0 Å². The van der Waals surface area contributed by atoms with Crippen molar-refractivity contribution in [2.45, 2.75) is 51.8 Å². The number of phenols is 1. The van der Waals surface area contributed by atoms with Gasteiger partial charge in [0.1, 0.15) is 5.75 Å². The highest BCUT2D eigenvalue weighted by Crippen LogP contribution is 2.39. The Hall–Kier alpha value is -1.04. The van der Waals surface area contributed by atoms with E-state index in [9.17, 15) is 5.11 Å². The zero-order valence-electron chi connectivity index (χ0n) is 12.2. The van der Waals surface area contributed by atoms with Crippen LogP contribution in [-0.4, -0.2) is 23.4 Å². The number of aryl methyl sites for hydroxylation is 1. The third kappa shape index (κ3) is 2.50. The van der Waals surface area contributed by atoms with Crippen LogP contribution >= 0.6 is 0 Å². The molecule has 0 radical (unpaired) electrons. The van der Waals surface area contributed by atoms with E-state index in [2.05, 4.69) is 0 Å². The molecule has 1 aliphatic rings. The lowest BCUT2D eigenvalue weighted by molar-refractivity contribution is 0.00578. The SMILES string of the molecule is Cc1cc([C@@H](N)B2OC(C)(C)C(C)(C)O2)ccc1O. The minimum absolute atomic E-state index is 0.268. The van der Waals surface area contributed by atoms with Crippen LogP contribution in [0.4, 0.5) is 0 Å². The van der Waals surface area contributed by atoms with Gasteiger partial charge in [0.15, 0.2) is 0 Å². The van der Waals surface area contributed by atoms with E-state index in [1.54, 1.807) is 12.1 Å². The average Bonchev–Trinajstić information content (AvgIpc) is 2.51. The van der Waals surface area contributed by atoms with Gasteiger partial charge in [-0.3, -0.25) is 0 Å². The summed E-state index contributed by atoms with van der Waals surface area (Å²) in [5, 5.41) is 9.55. The molecule has 5 heteroatoms. The molecule has 1 aromatic rings. The quantitative estimate of drug-likeness (QED) is 0.804. The van der Waals surface area contributed by atoms with Crippen molar-refractivity contribution in [3.8, 4) is 5.75 Å². The second-order valence-electron chi connectivity index (χ2n) is 6.20. The van der Waals surface area contributed by atoms with Crippen molar-refractivity contribution in [3.05, 3.63) is 29.3 Å². The Morgan fingerprint density at radius 3 is 2.16 bits per heavy atom. The predicted molar refractivity (Wildman–Crippen MR) is 75.9 cm³/mol. The average molecular weight is 263 g/mol. The molecule has 1 aliphatic heterocycles. The normalized spacial score (nSPS) is 22.5. The van der Waals surface area contributed by atoms with Gasteiger partial charge in [-0.1, -0.05) is 12.1 Å². The van der Waals surface area contributed by atoms with Gasteiger partial charge in [0.2, 0.25) is 0 Å². The van der Waals surface area contributed by atoms with Gasteiger partial charge in [-0.25, -0.2) is 0 Å². The highest BCUT2D eigenvalue weighted by molar-refractivity contribution is 6.47. The largest absolute Gasteiger partial charge is 0.508 e. The lowest BCUT2D eigenvalue weighted by atomic mass is 9.74. The van der Waals surface area contributed by atoms with Crippen LogP contribution in [0.5, 0.6) is 5.75 Å². The summed E-state index contributed by atoms with van der Waals surface area (Å²) in [4.78, 5) is 0. The number of aromatic hydroxyl groups is 1. The van der Waals surface area contributed by atoms with Crippen molar-refractivity contribution >= 4 is 7.12 Å². The van der Waals surface area contributed by atoms with Crippen LogP contribution in [0.25, 0.3) is 0 Å². The first-order chi connectivity index (χ1) is 8.64. The molecular weight excluding hydrogens is 241 g/mol. The number of rotatable bonds is 2. The van der Waals surface area contributed by atoms with Crippen LogP contribution < -0.4 is 5.73 Å². The molecular formula is C14H22BNO3. The maximum atomic E-state index is 9.55. The van der Waals surface area contributed by atoms with Gasteiger partial charge in [0.25, 0.3) is 0 Å². The molecule has 0 bridgehead atoms. The van der Waals surface area contributed by atoms with E-state index in [1.807, 2.05) is 40.7 Å². The van der Waals surface area contributed by atoms with Crippen LogP contribution in [0, 0.1) is 6.92 Å². The maximum Gasteiger partial charge on any atom is 0.480 e. The van der Waals surface area contributed by atoms with Crippen LogP contribution in [-0.2, 0) is 9.31 Å². The van der Waals surface area contributed by atoms with Crippen LogP contribution in [0.15, 0.2) is 18.2 Å². The second kappa shape index (κ2) is 4.51. The van der Waals surface area contributed by atoms with Gasteiger partial charge in [-0.05, 0) is 51.8 Å². The van der Waals surface area contributed by atoms with Gasteiger partial charge in [-0.15, -0.1) is 0 Å². The lowest BCUT2D eigenvalue weighted by Crippen LogP contribution is -2.41. The molecule has 2 rings (SSSR count). The van der Waals surface area contributed by atoms with Gasteiger partial charge >= 0.3 is 7.12 Å². The first kappa shape index (κ1) is 14.4. The third-order valence-corrected chi connectivity index (χ3v) is 4.17. The van der Waals surface area contributed by atoms with E-state index in [0.29, 0.717) is 0 Å². The smallest absolute Gasteiger partial charge is 0.480 e. The van der Waals surface area contributed by atoms with Crippen LogP contribution in [0.2, 0.25) is 0 Å². The molecule has 19 heavy (non-hydrogen) atoms. The third-order valence-electron chi connectivity index (χ3n) is 4.17. The predicted octanol–water partition coefficient (Wildman–Crippen LogP) is 2.33. The van der Waals surface area contributed by atoms with Crippen molar-refractivity contribution in [1.82, 2.24) is 0 Å². The molecule has 1 heterocycles. The standard InChI is InChI=1S/C14H22BNO3/c1-9-8-10(6-7-11(9)17)12(16)15-18-13(2,3)14(4,5)19-15/h6-8,12,17H,16H2,1-5H3/t12-/m1/s1. The van der Waals surface area contributed by atoms with Crippen LogP contribution in [0.3, 0.4) is 0 Å². The molecule has 0 aromatic heterocycles. The van der Waals surface area contributed by atoms with Gasteiger partial charge in [0.05, 0.1) is 17.1 Å². The zero-order chi connectivity index (χ0) is 14.4. The topological polar surface area (TPSA) is 64.7 Å². The fourth-order valence-electron chi connectivity index (χ4n) is 2.08. The van der Waals surface area contributed by atoms with E-state index in [-0.39, 0.29) is 22.9 Å². The van der Waals surface area contributed by atoms with Crippen molar-refractivity contribution in [3.63, 3.8) is 0 Å². The molecule has 0 saturated carbocycles. The molecule has 1 aromatic carbocycles. The maximum absolute atomic E-state index is 9.55. The number of nitrogens with two attached hydrogens (primary N) is 1. The van der Waals surface area contributed by atoms with E-state index in [1.165, 1.54) is 0 Å². The Bertz CT molecular complexity index is 472.